The first kappa shape index (κ1) is 18.3. The average molecular weight is 360 g/mol. The van der Waals surface area contributed by atoms with Gasteiger partial charge in [-0.25, -0.2) is 0 Å². The third kappa shape index (κ3) is 5.54. The van der Waals surface area contributed by atoms with Crippen LogP contribution in [0, 0.1) is 0 Å². The lowest BCUT2D eigenvalue weighted by Gasteiger charge is -2.06. The van der Waals surface area contributed by atoms with Crippen molar-refractivity contribution in [3.05, 3.63) is 52.9 Å². The third-order valence-electron chi connectivity index (χ3n) is 3.20. The Kier molecular flexibility index (Phi) is 6.41. The summed E-state index contributed by atoms with van der Waals surface area (Å²) < 4.78 is 4.82. The van der Waals surface area contributed by atoms with Crippen molar-refractivity contribution >= 4 is 39.9 Å². The highest BCUT2D eigenvalue weighted by Crippen LogP contribution is 2.22. The van der Waals surface area contributed by atoms with Crippen molar-refractivity contribution in [1.29, 1.82) is 0 Å². The SMILES string of the molecule is NC(=O)c1ccsc1NC(=O)COC(=O)CCC(=O)c1ccccc1. The number of anilines is 1. The van der Waals surface area contributed by atoms with E-state index < -0.39 is 24.4 Å². The van der Waals surface area contributed by atoms with Gasteiger partial charge in [-0.3, -0.25) is 19.2 Å². The lowest BCUT2D eigenvalue weighted by molar-refractivity contribution is -0.147. The number of benzene rings is 1. The van der Waals surface area contributed by atoms with Gasteiger partial charge in [0, 0.05) is 12.0 Å². The van der Waals surface area contributed by atoms with Crippen LogP contribution in [0.25, 0.3) is 0 Å². The summed E-state index contributed by atoms with van der Waals surface area (Å²) >= 11 is 1.13. The Bertz CT molecular complexity index is 785. The van der Waals surface area contributed by atoms with Crippen LogP contribution in [0.5, 0.6) is 0 Å². The summed E-state index contributed by atoms with van der Waals surface area (Å²) in [6.07, 6.45) is -0.117. The number of carbonyl (C=O) groups excluding carboxylic acids is 4. The van der Waals surface area contributed by atoms with Crippen LogP contribution in [-0.2, 0) is 14.3 Å². The van der Waals surface area contributed by atoms with Gasteiger partial charge in [-0.15, -0.1) is 11.3 Å². The Labute approximate surface area is 147 Å². The van der Waals surface area contributed by atoms with E-state index in [2.05, 4.69) is 5.32 Å². The zero-order valence-corrected chi connectivity index (χ0v) is 14.0. The van der Waals surface area contributed by atoms with Gasteiger partial charge in [-0.1, -0.05) is 30.3 Å². The van der Waals surface area contributed by atoms with Crippen LogP contribution in [0.2, 0.25) is 0 Å². The summed E-state index contributed by atoms with van der Waals surface area (Å²) in [5.41, 5.74) is 5.88. The highest BCUT2D eigenvalue weighted by Gasteiger charge is 2.15. The molecule has 0 spiro atoms. The Morgan fingerprint density at radius 3 is 2.44 bits per heavy atom. The molecule has 1 heterocycles. The second-order valence-electron chi connectivity index (χ2n) is 5.03. The van der Waals surface area contributed by atoms with Crippen LogP contribution >= 0.6 is 11.3 Å². The molecule has 2 amide bonds. The highest BCUT2D eigenvalue weighted by atomic mass is 32.1. The van der Waals surface area contributed by atoms with Gasteiger partial charge < -0.3 is 15.8 Å². The molecule has 1 aromatic heterocycles. The van der Waals surface area contributed by atoms with Crippen LogP contribution < -0.4 is 11.1 Å². The van der Waals surface area contributed by atoms with E-state index in [1.165, 1.54) is 6.07 Å². The topological polar surface area (TPSA) is 116 Å². The molecule has 0 aliphatic rings. The number of esters is 1. The summed E-state index contributed by atoms with van der Waals surface area (Å²) in [5, 5.41) is 4.36. The molecular weight excluding hydrogens is 344 g/mol. The van der Waals surface area contributed by atoms with Crippen LogP contribution in [0.15, 0.2) is 41.8 Å². The normalized spacial score (nSPS) is 10.1. The number of carbonyl (C=O) groups is 4. The highest BCUT2D eigenvalue weighted by molar-refractivity contribution is 7.14. The number of primary amides is 1. The molecule has 2 rings (SSSR count). The first-order chi connectivity index (χ1) is 12.0. The molecule has 3 N–H and O–H groups in total. The Hall–Kier alpha value is -3.00. The largest absolute Gasteiger partial charge is 0.456 e. The summed E-state index contributed by atoms with van der Waals surface area (Å²) in [7, 11) is 0. The number of Topliss-reactive ketones (excluding diaryl/α,β-unsaturated/α-hetero) is 1. The standard InChI is InChI=1S/C17H16N2O5S/c18-16(23)12-8-9-25-17(12)19-14(21)10-24-15(22)7-6-13(20)11-4-2-1-3-5-11/h1-5,8-9H,6-7,10H2,(H2,18,23)(H,19,21). The third-order valence-corrected chi connectivity index (χ3v) is 4.03. The summed E-state index contributed by atoms with van der Waals surface area (Å²) in [5.74, 6) is -2.08. The number of ketones is 1. The zero-order chi connectivity index (χ0) is 18.2. The average Bonchev–Trinajstić information content (AvgIpc) is 3.07. The lowest BCUT2D eigenvalue weighted by atomic mass is 10.1. The van der Waals surface area contributed by atoms with E-state index in [1.807, 2.05) is 0 Å². The van der Waals surface area contributed by atoms with E-state index in [0.717, 1.165) is 11.3 Å². The molecule has 0 unspecified atom stereocenters. The van der Waals surface area contributed by atoms with Crippen LogP contribution in [-0.4, -0.2) is 30.2 Å². The summed E-state index contributed by atoms with van der Waals surface area (Å²) in [4.78, 5) is 46.4. The number of hydrogen-bond acceptors (Lipinski definition) is 6. The molecule has 0 radical (unpaired) electrons. The van der Waals surface area contributed by atoms with Gasteiger partial charge >= 0.3 is 5.97 Å². The van der Waals surface area contributed by atoms with E-state index in [0.29, 0.717) is 10.6 Å². The lowest BCUT2D eigenvalue weighted by Crippen LogP contribution is -2.22. The second kappa shape index (κ2) is 8.74. The molecule has 0 fully saturated rings. The number of nitrogens with two attached hydrogens (primary N) is 1. The predicted octanol–water partition coefficient (Wildman–Crippen LogP) is 1.99. The molecule has 0 atom stereocenters. The minimum atomic E-state index is -0.659. The van der Waals surface area contributed by atoms with Gasteiger partial charge in [0.25, 0.3) is 11.8 Å². The Morgan fingerprint density at radius 1 is 1.04 bits per heavy atom. The number of hydrogen-bond donors (Lipinski definition) is 2. The number of nitrogens with one attached hydrogen (secondary N) is 1. The van der Waals surface area contributed by atoms with E-state index in [-0.39, 0.29) is 24.2 Å². The van der Waals surface area contributed by atoms with E-state index in [4.69, 9.17) is 10.5 Å². The van der Waals surface area contributed by atoms with Crippen molar-refractivity contribution in [2.75, 3.05) is 11.9 Å². The maximum atomic E-state index is 11.9. The summed E-state index contributed by atoms with van der Waals surface area (Å²) in [6.45, 7) is -0.505. The Balaban J connectivity index is 1.74. The minimum absolute atomic E-state index is 0.00120. The maximum Gasteiger partial charge on any atom is 0.306 e. The Morgan fingerprint density at radius 2 is 1.76 bits per heavy atom. The summed E-state index contributed by atoms with van der Waals surface area (Å²) in [6, 6.07) is 10.1. The fourth-order valence-corrected chi connectivity index (χ4v) is 2.77. The minimum Gasteiger partial charge on any atom is -0.456 e. The van der Waals surface area contributed by atoms with E-state index in [1.54, 1.807) is 35.7 Å². The fraction of sp³-hybridized carbons (Fsp3) is 0.176. The monoisotopic (exact) mass is 360 g/mol. The van der Waals surface area contributed by atoms with Crippen molar-refractivity contribution in [2.24, 2.45) is 5.73 Å². The molecule has 2 aromatic rings. The van der Waals surface area contributed by atoms with Gasteiger partial charge in [0.1, 0.15) is 5.00 Å². The van der Waals surface area contributed by atoms with Gasteiger partial charge in [0.15, 0.2) is 12.4 Å². The van der Waals surface area contributed by atoms with Gasteiger partial charge in [-0.05, 0) is 11.4 Å². The molecule has 0 aliphatic carbocycles. The number of rotatable bonds is 8. The molecule has 0 saturated carbocycles. The molecule has 0 bridgehead atoms. The molecule has 25 heavy (non-hydrogen) atoms. The van der Waals surface area contributed by atoms with Crippen molar-refractivity contribution in [1.82, 2.24) is 0 Å². The quantitative estimate of drug-likeness (QED) is 0.552. The smallest absolute Gasteiger partial charge is 0.306 e. The van der Waals surface area contributed by atoms with E-state index in [9.17, 15) is 19.2 Å². The second-order valence-corrected chi connectivity index (χ2v) is 5.94. The van der Waals surface area contributed by atoms with Crippen molar-refractivity contribution in [3.63, 3.8) is 0 Å². The maximum absolute atomic E-state index is 11.9. The molecular formula is C17H16N2O5S. The van der Waals surface area contributed by atoms with Crippen LogP contribution in [0.1, 0.15) is 33.6 Å². The van der Waals surface area contributed by atoms with Gasteiger partial charge in [-0.2, -0.15) is 0 Å². The van der Waals surface area contributed by atoms with Crippen LogP contribution in [0.4, 0.5) is 5.00 Å². The number of ether oxygens (including phenoxy) is 1. The molecule has 8 heteroatoms. The van der Waals surface area contributed by atoms with Crippen molar-refractivity contribution in [2.45, 2.75) is 12.8 Å². The first-order valence-electron chi connectivity index (χ1n) is 7.38. The van der Waals surface area contributed by atoms with Crippen molar-refractivity contribution < 1.29 is 23.9 Å². The van der Waals surface area contributed by atoms with Crippen molar-refractivity contribution in [3.8, 4) is 0 Å². The fourth-order valence-electron chi connectivity index (χ4n) is 1.96. The number of thiophene rings is 1. The molecule has 130 valence electrons. The first-order valence-corrected chi connectivity index (χ1v) is 8.26. The molecule has 1 aromatic carbocycles. The van der Waals surface area contributed by atoms with Gasteiger partial charge in [0.05, 0.1) is 12.0 Å². The molecule has 0 aliphatic heterocycles. The zero-order valence-electron chi connectivity index (χ0n) is 13.2. The molecule has 7 nitrogen and oxygen atoms in total. The predicted molar refractivity (Wildman–Crippen MR) is 92.4 cm³/mol. The van der Waals surface area contributed by atoms with Gasteiger partial charge in [0.2, 0.25) is 0 Å². The number of amides is 2. The molecule has 0 saturated heterocycles. The van der Waals surface area contributed by atoms with Crippen LogP contribution in [0.3, 0.4) is 0 Å². The van der Waals surface area contributed by atoms with E-state index >= 15 is 0 Å².